The average molecular weight is 378 g/mol. The number of hydrogen-bond acceptors (Lipinski definition) is 4. The molecule has 1 amide bonds. The first-order chi connectivity index (χ1) is 12.9. The molecule has 0 bridgehead atoms. The minimum Gasteiger partial charge on any atom is -0.480 e. The summed E-state index contributed by atoms with van der Waals surface area (Å²) in [5.41, 5.74) is 3.06. The summed E-state index contributed by atoms with van der Waals surface area (Å²) in [6.07, 6.45) is 6.02. The largest absolute Gasteiger partial charge is 0.480 e. The van der Waals surface area contributed by atoms with Gasteiger partial charge in [-0.05, 0) is 42.9 Å². The van der Waals surface area contributed by atoms with Crippen molar-refractivity contribution < 1.29 is 24.6 Å². The zero-order valence-corrected chi connectivity index (χ0v) is 16.2. The van der Waals surface area contributed by atoms with Gasteiger partial charge in [-0.2, -0.15) is 0 Å². The molecule has 1 aromatic rings. The Bertz CT molecular complexity index is 629. The van der Waals surface area contributed by atoms with Crippen LogP contribution in [0, 0.1) is 0 Å². The lowest BCUT2D eigenvalue weighted by molar-refractivity contribution is -0.142. The third kappa shape index (κ3) is 8.68. The van der Waals surface area contributed by atoms with Gasteiger partial charge in [0.2, 0.25) is 5.91 Å². The van der Waals surface area contributed by atoms with E-state index in [4.69, 9.17) is 10.2 Å². The van der Waals surface area contributed by atoms with Crippen molar-refractivity contribution >= 4 is 23.5 Å². The second-order valence-corrected chi connectivity index (χ2v) is 6.63. The number of nitrogens with zero attached hydrogens (tertiary/aromatic N) is 1. The van der Waals surface area contributed by atoms with Gasteiger partial charge in [-0.3, -0.25) is 19.3 Å². The van der Waals surface area contributed by atoms with E-state index in [9.17, 15) is 14.4 Å². The number of carboxylic acid groups (broad SMARTS) is 2. The Morgan fingerprint density at radius 2 is 1.52 bits per heavy atom. The SMILES string of the molecule is CCCCc1cccc(NC(=O)CN(CC(=O)O)CC(=O)O)c1CCCC. The first-order valence-corrected chi connectivity index (χ1v) is 9.43. The Morgan fingerprint density at radius 1 is 0.926 bits per heavy atom. The second-order valence-electron chi connectivity index (χ2n) is 6.63. The Kier molecular flexibility index (Phi) is 10.1. The standard InChI is InChI=1S/C20H30N2O5/c1-3-5-8-15-9-7-11-17(16(15)10-6-4-2)21-18(23)12-22(13-19(24)25)14-20(26)27/h7,9,11H,3-6,8,10,12-14H2,1-2H3,(H,21,23)(H,24,25)(H,26,27). The number of carbonyl (C=O) groups is 3. The predicted molar refractivity (Wildman–Crippen MR) is 104 cm³/mol. The van der Waals surface area contributed by atoms with Gasteiger partial charge >= 0.3 is 11.9 Å². The van der Waals surface area contributed by atoms with Crippen LogP contribution in [-0.4, -0.2) is 52.6 Å². The van der Waals surface area contributed by atoms with E-state index in [1.165, 1.54) is 5.56 Å². The maximum Gasteiger partial charge on any atom is 0.317 e. The molecule has 0 aliphatic carbocycles. The quantitative estimate of drug-likeness (QED) is 0.487. The molecule has 1 rings (SSSR count). The van der Waals surface area contributed by atoms with Crippen LogP contribution in [0.5, 0.6) is 0 Å². The van der Waals surface area contributed by atoms with Crippen molar-refractivity contribution in [2.45, 2.75) is 52.4 Å². The molecule has 0 atom stereocenters. The molecule has 0 aliphatic rings. The molecule has 27 heavy (non-hydrogen) atoms. The number of anilines is 1. The maximum atomic E-state index is 12.4. The molecule has 0 saturated heterocycles. The first kappa shape index (κ1) is 22.6. The van der Waals surface area contributed by atoms with Gasteiger partial charge in [0.05, 0.1) is 19.6 Å². The van der Waals surface area contributed by atoms with Crippen molar-refractivity contribution in [1.82, 2.24) is 4.90 Å². The fourth-order valence-corrected chi connectivity index (χ4v) is 2.95. The van der Waals surface area contributed by atoms with Gasteiger partial charge in [0.1, 0.15) is 0 Å². The third-order valence-electron chi connectivity index (χ3n) is 4.21. The van der Waals surface area contributed by atoms with Crippen LogP contribution in [0.15, 0.2) is 18.2 Å². The van der Waals surface area contributed by atoms with Gasteiger partial charge < -0.3 is 15.5 Å². The normalized spacial score (nSPS) is 10.8. The van der Waals surface area contributed by atoms with Crippen LogP contribution >= 0.6 is 0 Å². The van der Waals surface area contributed by atoms with E-state index >= 15 is 0 Å². The number of hydrogen-bond donors (Lipinski definition) is 3. The van der Waals surface area contributed by atoms with Crippen molar-refractivity contribution in [3.63, 3.8) is 0 Å². The van der Waals surface area contributed by atoms with Gasteiger partial charge in [0, 0.05) is 5.69 Å². The van der Waals surface area contributed by atoms with E-state index < -0.39 is 30.9 Å². The highest BCUT2D eigenvalue weighted by atomic mass is 16.4. The highest BCUT2D eigenvalue weighted by molar-refractivity contribution is 5.93. The Labute approximate surface area is 160 Å². The Hall–Kier alpha value is -2.41. The number of carbonyl (C=O) groups excluding carboxylic acids is 1. The summed E-state index contributed by atoms with van der Waals surface area (Å²) in [6.45, 7) is 2.96. The zero-order chi connectivity index (χ0) is 20.2. The molecule has 0 spiro atoms. The number of aryl methyl sites for hydroxylation is 1. The molecule has 0 radical (unpaired) electrons. The highest BCUT2D eigenvalue weighted by Gasteiger charge is 2.18. The molecule has 0 heterocycles. The molecule has 1 aromatic carbocycles. The van der Waals surface area contributed by atoms with Crippen molar-refractivity contribution in [2.24, 2.45) is 0 Å². The van der Waals surface area contributed by atoms with E-state index in [1.807, 2.05) is 12.1 Å². The van der Waals surface area contributed by atoms with Crippen LogP contribution in [0.1, 0.15) is 50.7 Å². The monoisotopic (exact) mass is 378 g/mol. The van der Waals surface area contributed by atoms with E-state index in [0.717, 1.165) is 54.7 Å². The van der Waals surface area contributed by atoms with Crippen LogP contribution < -0.4 is 5.32 Å². The molecule has 0 unspecified atom stereocenters. The smallest absolute Gasteiger partial charge is 0.317 e. The van der Waals surface area contributed by atoms with Crippen molar-refractivity contribution in [3.05, 3.63) is 29.3 Å². The van der Waals surface area contributed by atoms with E-state index in [1.54, 1.807) is 0 Å². The number of amides is 1. The molecule has 7 nitrogen and oxygen atoms in total. The fourth-order valence-electron chi connectivity index (χ4n) is 2.95. The second kappa shape index (κ2) is 12.1. The summed E-state index contributed by atoms with van der Waals surface area (Å²) in [7, 11) is 0. The third-order valence-corrected chi connectivity index (χ3v) is 4.21. The van der Waals surface area contributed by atoms with Crippen LogP contribution in [0.3, 0.4) is 0 Å². The summed E-state index contributed by atoms with van der Waals surface area (Å²) in [4.78, 5) is 35.3. The number of carboxylic acids is 2. The van der Waals surface area contributed by atoms with Gasteiger partial charge in [0.25, 0.3) is 0 Å². The minimum absolute atomic E-state index is 0.287. The molecule has 0 saturated carbocycles. The van der Waals surface area contributed by atoms with Gasteiger partial charge in [-0.15, -0.1) is 0 Å². The van der Waals surface area contributed by atoms with Crippen LogP contribution in [-0.2, 0) is 27.2 Å². The molecule has 150 valence electrons. The average Bonchev–Trinajstić information content (AvgIpc) is 2.57. The first-order valence-electron chi connectivity index (χ1n) is 9.43. The van der Waals surface area contributed by atoms with E-state index in [2.05, 4.69) is 25.2 Å². The molecule has 3 N–H and O–H groups in total. The van der Waals surface area contributed by atoms with Crippen molar-refractivity contribution in [2.75, 3.05) is 25.0 Å². The topological polar surface area (TPSA) is 107 Å². The van der Waals surface area contributed by atoms with E-state index in [0.29, 0.717) is 0 Å². The molecular formula is C20H30N2O5. The highest BCUT2D eigenvalue weighted by Crippen LogP contribution is 2.24. The maximum absolute atomic E-state index is 12.4. The lowest BCUT2D eigenvalue weighted by atomic mass is 9.96. The Morgan fingerprint density at radius 3 is 2.07 bits per heavy atom. The number of benzene rings is 1. The van der Waals surface area contributed by atoms with Gasteiger partial charge in [-0.1, -0.05) is 38.8 Å². The lowest BCUT2D eigenvalue weighted by Crippen LogP contribution is -2.40. The minimum atomic E-state index is -1.17. The van der Waals surface area contributed by atoms with Gasteiger partial charge in [0.15, 0.2) is 0 Å². The number of aliphatic carboxylic acids is 2. The molecule has 0 fully saturated rings. The predicted octanol–water partition coefficient (Wildman–Crippen LogP) is 2.78. The Balaban J connectivity index is 2.91. The number of nitrogens with one attached hydrogen (secondary N) is 1. The summed E-state index contributed by atoms with van der Waals surface area (Å²) < 4.78 is 0. The molecule has 0 aromatic heterocycles. The zero-order valence-electron chi connectivity index (χ0n) is 16.2. The molecular weight excluding hydrogens is 348 g/mol. The summed E-state index contributed by atoms with van der Waals surface area (Å²) in [5.74, 6) is -2.76. The lowest BCUT2D eigenvalue weighted by Gasteiger charge is -2.19. The summed E-state index contributed by atoms with van der Waals surface area (Å²) in [5, 5.41) is 20.6. The number of unbranched alkanes of at least 4 members (excludes halogenated alkanes) is 2. The van der Waals surface area contributed by atoms with Crippen LogP contribution in [0.2, 0.25) is 0 Å². The molecule has 7 heteroatoms. The summed E-state index contributed by atoms with van der Waals surface area (Å²) >= 11 is 0. The number of rotatable bonds is 13. The fraction of sp³-hybridized carbons (Fsp3) is 0.550. The van der Waals surface area contributed by atoms with Crippen LogP contribution in [0.4, 0.5) is 5.69 Å². The van der Waals surface area contributed by atoms with Crippen molar-refractivity contribution in [3.8, 4) is 0 Å². The van der Waals surface area contributed by atoms with Gasteiger partial charge in [-0.25, -0.2) is 0 Å². The van der Waals surface area contributed by atoms with E-state index in [-0.39, 0.29) is 6.54 Å². The van der Waals surface area contributed by atoms with Crippen molar-refractivity contribution in [1.29, 1.82) is 0 Å². The summed E-state index contributed by atoms with van der Waals surface area (Å²) in [6, 6.07) is 5.83. The molecule has 0 aliphatic heterocycles. The van der Waals surface area contributed by atoms with Crippen LogP contribution in [0.25, 0.3) is 0 Å².